The molecule has 9 heteroatoms. The lowest BCUT2D eigenvalue weighted by atomic mass is 9.98. The van der Waals surface area contributed by atoms with Crippen LogP contribution in [0.25, 0.3) is 11.3 Å². The zero-order chi connectivity index (χ0) is 19.4. The minimum atomic E-state index is -3.31. The molecule has 1 aliphatic heterocycles. The Balaban J connectivity index is 1.64. The Bertz CT molecular complexity index is 891. The molecule has 0 unspecified atom stereocenters. The van der Waals surface area contributed by atoms with Crippen molar-refractivity contribution in [3.05, 3.63) is 48.2 Å². The molecule has 3 rings (SSSR count). The number of rotatable bonds is 6. The van der Waals surface area contributed by atoms with Crippen molar-refractivity contribution in [2.45, 2.75) is 12.5 Å². The van der Waals surface area contributed by atoms with Crippen molar-refractivity contribution < 1.29 is 26.7 Å². The fourth-order valence-corrected chi connectivity index (χ4v) is 3.79. The second-order valence-corrected chi connectivity index (χ2v) is 8.22. The Labute approximate surface area is 156 Å². The summed E-state index contributed by atoms with van der Waals surface area (Å²) in [5, 5.41) is 0. The number of aromatic nitrogens is 1. The Hall–Kier alpha value is -2.10. The lowest BCUT2D eigenvalue weighted by Crippen LogP contribution is -2.47. The first-order chi connectivity index (χ1) is 12.8. The number of benzene rings is 1. The Morgan fingerprint density at radius 2 is 2.04 bits per heavy atom. The summed E-state index contributed by atoms with van der Waals surface area (Å²) in [6.45, 7) is 1.17. The Morgan fingerprint density at radius 1 is 1.30 bits per heavy atom. The van der Waals surface area contributed by atoms with Crippen molar-refractivity contribution in [1.82, 2.24) is 9.71 Å². The van der Waals surface area contributed by atoms with Gasteiger partial charge in [-0.05, 0) is 30.7 Å². The number of pyridine rings is 1. The van der Waals surface area contributed by atoms with Gasteiger partial charge in [-0.1, -0.05) is 0 Å². The summed E-state index contributed by atoms with van der Waals surface area (Å²) in [6.07, 6.45) is 2.66. The van der Waals surface area contributed by atoms with Crippen molar-refractivity contribution in [1.29, 1.82) is 0 Å². The van der Waals surface area contributed by atoms with E-state index in [2.05, 4.69) is 9.71 Å². The highest BCUT2D eigenvalue weighted by Crippen LogP contribution is 2.24. The molecule has 1 saturated heterocycles. The van der Waals surface area contributed by atoms with E-state index in [0.29, 0.717) is 30.9 Å². The molecule has 0 saturated carbocycles. The Morgan fingerprint density at radius 3 is 2.70 bits per heavy atom. The average Bonchev–Trinajstić information content (AvgIpc) is 2.60. The van der Waals surface area contributed by atoms with Crippen molar-refractivity contribution in [2.24, 2.45) is 5.92 Å². The first-order valence-corrected chi connectivity index (χ1v) is 10.3. The van der Waals surface area contributed by atoms with Gasteiger partial charge in [0.25, 0.3) is 0 Å². The third kappa shape index (κ3) is 5.44. The molecule has 2 heterocycles. The van der Waals surface area contributed by atoms with Gasteiger partial charge in [0.2, 0.25) is 10.0 Å². The van der Waals surface area contributed by atoms with Crippen LogP contribution >= 0.6 is 0 Å². The quantitative estimate of drug-likeness (QED) is 0.808. The maximum Gasteiger partial charge on any atom is 0.208 e. The van der Waals surface area contributed by atoms with E-state index in [1.807, 2.05) is 0 Å². The maximum atomic E-state index is 13.8. The highest BCUT2D eigenvalue weighted by molar-refractivity contribution is 7.88. The van der Waals surface area contributed by atoms with E-state index in [-0.39, 0.29) is 24.3 Å². The van der Waals surface area contributed by atoms with Crippen LogP contribution in [0.3, 0.4) is 0 Å². The highest BCUT2D eigenvalue weighted by atomic mass is 32.2. The van der Waals surface area contributed by atoms with E-state index >= 15 is 0 Å². The number of ether oxygens (including phenoxy) is 2. The summed E-state index contributed by atoms with van der Waals surface area (Å²) in [5.41, 5.74) is 0.554. The van der Waals surface area contributed by atoms with Crippen molar-refractivity contribution >= 4 is 10.0 Å². The summed E-state index contributed by atoms with van der Waals surface area (Å²) in [4.78, 5) is 3.77. The molecule has 0 radical (unpaired) electrons. The topological polar surface area (TPSA) is 77.5 Å². The smallest absolute Gasteiger partial charge is 0.208 e. The molecule has 1 N–H and O–H groups in total. The van der Waals surface area contributed by atoms with Gasteiger partial charge in [0, 0.05) is 30.2 Å². The molecule has 27 heavy (non-hydrogen) atoms. The van der Waals surface area contributed by atoms with Crippen LogP contribution in [-0.2, 0) is 14.8 Å². The van der Waals surface area contributed by atoms with Gasteiger partial charge in [0.1, 0.15) is 17.3 Å². The van der Waals surface area contributed by atoms with Crippen LogP contribution in [0.2, 0.25) is 0 Å². The third-order valence-corrected chi connectivity index (χ3v) is 4.97. The molecule has 1 aromatic carbocycles. The summed E-state index contributed by atoms with van der Waals surface area (Å²) in [7, 11) is -3.31. The SMILES string of the molecule is CS(=O)(=O)N[C@H]1CCOC[C@@H]1COc1ccc(-c2ncc(F)cc2F)cc1. The predicted octanol–water partition coefficient (Wildman–Crippen LogP) is 2.36. The fourth-order valence-electron chi connectivity index (χ4n) is 2.93. The van der Waals surface area contributed by atoms with Crippen LogP contribution in [0, 0.1) is 17.6 Å². The third-order valence-electron chi connectivity index (χ3n) is 4.24. The van der Waals surface area contributed by atoms with Gasteiger partial charge in [0.05, 0.1) is 25.7 Å². The van der Waals surface area contributed by atoms with E-state index in [1.165, 1.54) is 0 Å². The molecule has 1 aliphatic rings. The number of hydrogen-bond acceptors (Lipinski definition) is 5. The molecule has 0 amide bonds. The van der Waals surface area contributed by atoms with E-state index in [4.69, 9.17) is 9.47 Å². The molecular weight excluding hydrogens is 378 g/mol. The van der Waals surface area contributed by atoms with Gasteiger partial charge in [-0.15, -0.1) is 0 Å². The molecule has 1 fully saturated rings. The molecule has 2 atom stereocenters. The van der Waals surface area contributed by atoms with Gasteiger partial charge in [0.15, 0.2) is 5.82 Å². The van der Waals surface area contributed by atoms with Crippen LogP contribution in [-0.4, -0.2) is 45.5 Å². The number of halogens is 2. The second kappa shape index (κ2) is 8.28. The molecule has 0 bridgehead atoms. The lowest BCUT2D eigenvalue weighted by molar-refractivity contribution is 0.0187. The van der Waals surface area contributed by atoms with Crippen LogP contribution in [0.4, 0.5) is 8.78 Å². The number of nitrogens with zero attached hydrogens (tertiary/aromatic N) is 1. The summed E-state index contributed by atoms with van der Waals surface area (Å²) in [6, 6.07) is 7.10. The minimum Gasteiger partial charge on any atom is -0.493 e. The van der Waals surface area contributed by atoms with E-state index in [9.17, 15) is 17.2 Å². The van der Waals surface area contributed by atoms with Crippen LogP contribution in [0.5, 0.6) is 5.75 Å². The number of nitrogens with one attached hydrogen (secondary N) is 1. The highest BCUT2D eigenvalue weighted by Gasteiger charge is 2.28. The molecule has 0 spiro atoms. The number of sulfonamides is 1. The van der Waals surface area contributed by atoms with Crippen LogP contribution in [0.1, 0.15) is 6.42 Å². The monoisotopic (exact) mass is 398 g/mol. The van der Waals surface area contributed by atoms with Crippen molar-refractivity contribution in [3.8, 4) is 17.0 Å². The minimum absolute atomic E-state index is 0.0565. The Kier molecular flexibility index (Phi) is 6.03. The van der Waals surface area contributed by atoms with Gasteiger partial charge < -0.3 is 9.47 Å². The summed E-state index contributed by atoms with van der Waals surface area (Å²) >= 11 is 0. The predicted molar refractivity (Wildman–Crippen MR) is 95.8 cm³/mol. The molecule has 146 valence electrons. The van der Waals surface area contributed by atoms with Gasteiger partial charge in [-0.2, -0.15) is 0 Å². The first-order valence-electron chi connectivity index (χ1n) is 8.41. The van der Waals surface area contributed by atoms with Gasteiger partial charge in [-0.3, -0.25) is 4.98 Å². The molecule has 2 aromatic rings. The van der Waals surface area contributed by atoms with Crippen molar-refractivity contribution in [3.63, 3.8) is 0 Å². The second-order valence-electron chi connectivity index (χ2n) is 6.44. The average molecular weight is 398 g/mol. The molecule has 1 aromatic heterocycles. The van der Waals surface area contributed by atoms with Crippen LogP contribution < -0.4 is 9.46 Å². The fraction of sp³-hybridized carbons (Fsp3) is 0.389. The largest absolute Gasteiger partial charge is 0.493 e. The van der Waals surface area contributed by atoms with E-state index in [0.717, 1.165) is 18.5 Å². The van der Waals surface area contributed by atoms with E-state index < -0.39 is 21.7 Å². The summed E-state index contributed by atoms with van der Waals surface area (Å²) < 4.78 is 63.5. The normalized spacial score (nSPS) is 20.4. The van der Waals surface area contributed by atoms with E-state index in [1.54, 1.807) is 24.3 Å². The molecule has 0 aliphatic carbocycles. The first kappa shape index (κ1) is 19.7. The standard InChI is InChI=1S/C18H20F2N2O4S/c1-27(23,24)22-17-6-7-25-10-13(17)11-26-15-4-2-12(3-5-15)18-16(20)8-14(19)9-21-18/h2-5,8-9,13,17,22H,6-7,10-11H2,1H3/t13-,17+/m1/s1. The maximum absolute atomic E-state index is 13.8. The lowest BCUT2D eigenvalue weighted by Gasteiger charge is -2.31. The number of hydrogen-bond donors (Lipinski definition) is 1. The van der Waals surface area contributed by atoms with Gasteiger partial charge >= 0.3 is 0 Å². The summed E-state index contributed by atoms with van der Waals surface area (Å²) in [5.74, 6) is -1.05. The zero-order valence-corrected chi connectivity index (χ0v) is 15.5. The van der Waals surface area contributed by atoms with Crippen molar-refractivity contribution in [2.75, 3.05) is 26.1 Å². The zero-order valence-electron chi connectivity index (χ0n) is 14.7. The van der Waals surface area contributed by atoms with Gasteiger partial charge in [-0.25, -0.2) is 21.9 Å². The molecule has 6 nitrogen and oxygen atoms in total. The molecular formula is C18H20F2N2O4S. The van der Waals surface area contributed by atoms with Crippen LogP contribution in [0.15, 0.2) is 36.5 Å².